The predicted octanol–water partition coefficient (Wildman–Crippen LogP) is 3.89. The van der Waals surface area contributed by atoms with Crippen LogP contribution in [-0.4, -0.2) is 30.3 Å². The average molecular weight is 405 g/mol. The number of cyclic esters (lactones) is 2. The summed E-state index contributed by atoms with van der Waals surface area (Å²) in [5.41, 5.74) is 2.11. The van der Waals surface area contributed by atoms with Crippen LogP contribution in [-0.2, 0) is 31.9 Å². The van der Waals surface area contributed by atoms with E-state index in [4.69, 9.17) is 9.47 Å². The van der Waals surface area contributed by atoms with E-state index < -0.39 is 23.1 Å². The molecule has 3 aliphatic heterocycles. The molecule has 0 saturated carbocycles. The summed E-state index contributed by atoms with van der Waals surface area (Å²) in [5.74, 6) is -1.73. The topological polar surface area (TPSA) is 55.8 Å². The van der Waals surface area contributed by atoms with Gasteiger partial charge in [0.05, 0.1) is 6.04 Å². The number of para-hydroxylation sites is 1. The first-order valence-electron chi connectivity index (χ1n) is 10.7. The van der Waals surface area contributed by atoms with Crippen LogP contribution in [0, 0.1) is 11.3 Å². The number of fused-ring (bicyclic) bond motifs is 4. The van der Waals surface area contributed by atoms with Gasteiger partial charge in [0.2, 0.25) is 0 Å². The number of carbonyl (C=O) groups is 2. The molecule has 3 aliphatic rings. The highest BCUT2D eigenvalue weighted by Gasteiger charge is 2.64. The third-order valence-electron chi connectivity index (χ3n) is 6.82. The Morgan fingerprint density at radius 1 is 0.967 bits per heavy atom. The van der Waals surface area contributed by atoms with Gasteiger partial charge in [-0.3, -0.25) is 9.59 Å². The largest absolute Gasteiger partial charge is 0.422 e. The van der Waals surface area contributed by atoms with Crippen molar-refractivity contribution >= 4 is 17.6 Å². The first-order valence-corrected chi connectivity index (χ1v) is 10.7. The van der Waals surface area contributed by atoms with Crippen molar-refractivity contribution < 1.29 is 19.1 Å². The van der Waals surface area contributed by atoms with E-state index in [1.165, 1.54) is 5.56 Å². The highest BCUT2D eigenvalue weighted by atomic mass is 16.7. The van der Waals surface area contributed by atoms with Crippen molar-refractivity contribution in [1.82, 2.24) is 0 Å². The molecule has 156 valence electrons. The second-order valence-electron chi connectivity index (χ2n) is 9.25. The van der Waals surface area contributed by atoms with Crippen LogP contribution in [0.3, 0.4) is 0 Å². The Hall–Kier alpha value is -2.82. The van der Waals surface area contributed by atoms with E-state index in [0.29, 0.717) is 12.3 Å². The molecule has 0 aromatic heterocycles. The molecule has 30 heavy (non-hydrogen) atoms. The second kappa shape index (κ2) is 6.86. The highest BCUT2D eigenvalue weighted by molar-refractivity contribution is 6.04. The van der Waals surface area contributed by atoms with E-state index in [2.05, 4.69) is 35.2 Å². The molecule has 2 aromatic rings. The molecule has 3 heterocycles. The number of benzene rings is 2. The zero-order valence-corrected chi connectivity index (χ0v) is 17.5. The van der Waals surface area contributed by atoms with E-state index in [1.807, 2.05) is 24.3 Å². The number of hydrogen-bond donors (Lipinski definition) is 0. The second-order valence-corrected chi connectivity index (χ2v) is 9.25. The minimum absolute atomic E-state index is 0.258. The van der Waals surface area contributed by atoms with E-state index in [0.717, 1.165) is 37.1 Å². The van der Waals surface area contributed by atoms with Crippen LogP contribution < -0.4 is 4.90 Å². The van der Waals surface area contributed by atoms with Gasteiger partial charge in [0.25, 0.3) is 5.79 Å². The summed E-state index contributed by atoms with van der Waals surface area (Å²) in [4.78, 5) is 29.0. The van der Waals surface area contributed by atoms with Gasteiger partial charge in [-0.15, -0.1) is 0 Å². The maximum absolute atomic E-state index is 13.4. The number of nitrogens with zero attached hydrogens (tertiary/aromatic N) is 1. The van der Waals surface area contributed by atoms with Gasteiger partial charge in [0.1, 0.15) is 0 Å². The molecular formula is C25H27NO4. The fraction of sp³-hybridized carbons (Fsp3) is 0.440. The third-order valence-corrected chi connectivity index (χ3v) is 6.82. The molecule has 2 unspecified atom stereocenters. The Balaban J connectivity index is 1.53. The van der Waals surface area contributed by atoms with E-state index >= 15 is 0 Å². The molecule has 1 spiro atoms. The molecule has 2 saturated heterocycles. The Morgan fingerprint density at radius 3 is 2.37 bits per heavy atom. The Bertz CT molecular complexity index is 964. The maximum atomic E-state index is 13.4. The van der Waals surface area contributed by atoms with Gasteiger partial charge in [-0.25, -0.2) is 0 Å². The lowest BCUT2D eigenvalue weighted by Gasteiger charge is -2.54. The summed E-state index contributed by atoms with van der Waals surface area (Å²) in [5, 5.41) is 0. The standard InChI is InChI=1S/C25H27NO4/c1-24(2)29-22(27)25(23(28)30-24)16-19-10-6-7-11-20(19)26-13-12-18(15-21(25)26)14-17-8-4-3-5-9-17/h3-11,18,21H,12-16H2,1-2H3. The summed E-state index contributed by atoms with van der Waals surface area (Å²) in [6, 6.07) is 18.2. The number of rotatable bonds is 2. The molecule has 5 nitrogen and oxygen atoms in total. The van der Waals surface area contributed by atoms with Crippen molar-refractivity contribution in [2.75, 3.05) is 11.4 Å². The molecule has 0 amide bonds. The van der Waals surface area contributed by atoms with Crippen molar-refractivity contribution in [3.8, 4) is 0 Å². The molecule has 2 atom stereocenters. The average Bonchev–Trinajstić information content (AvgIpc) is 2.72. The summed E-state index contributed by atoms with van der Waals surface area (Å²) in [6.07, 6.45) is 3.05. The van der Waals surface area contributed by atoms with Crippen LogP contribution in [0.2, 0.25) is 0 Å². The van der Waals surface area contributed by atoms with Crippen LogP contribution >= 0.6 is 0 Å². The van der Waals surface area contributed by atoms with Crippen molar-refractivity contribution in [3.05, 3.63) is 65.7 Å². The molecule has 2 aromatic carbocycles. The molecule has 0 bridgehead atoms. The number of anilines is 1. The molecule has 2 fully saturated rings. The summed E-state index contributed by atoms with van der Waals surface area (Å²) in [7, 11) is 0. The van der Waals surface area contributed by atoms with Crippen molar-refractivity contribution in [3.63, 3.8) is 0 Å². The zero-order valence-electron chi connectivity index (χ0n) is 17.5. The summed E-state index contributed by atoms with van der Waals surface area (Å²) >= 11 is 0. The van der Waals surface area contributed by atoms with E-state index in [1.54, 1.807) is 13.8 Å². The molecule has 0 radical (unpaired) electrons. The van der Waals surface area contributed by atoms with Gasteiger partial charge in [0.15, 0.2) is 5.41 Å². The van der Waals surface area contributed by atoms with Crippen LogP contribution in [0.25, 0.3) is 0 Å². The number of ether oxygens (including phenoxy) is 2. The highest BCUT2D eigenvalue weighted by Crippen LogP contribution is 2.50. The van der Waals surface area contributed by atoms with Crippen LogP contribution in [0.5, 0.6) is 0 Å². The summed E-state index contributed by atoms with van der Waals surface area (Å²) < 4.78 is 11.3. The first kappa shape index (κ1) is 19.2. The maximum Gasteiger partial charge on any atom is 0.329 e. The van der Waals surface area contributed by atoms with Gasteiger partial charge in [0, 0.05) is 32.5 Å². The van der Waals surface area contributed by atoms with Crippen molar-refractivity contribution in [2.24, 2.45) is 11.3 Å². The van der Waals surface area contributed by atoms with Crippen LogP contribution in [0.15, 0.2) is 54.6 Å². The lowest BCUT2D eigenvalue weighted by atomic mass is 9.65. The Morgan fingerprint density at radius 2 is 1.63 bits per heavy atom. The number of carbonyl (C=O) groups excluding carboxylic acids is 2. The molecule has 0 N–H and O–H groups in total. The van der Waals surface area contributed by atoms with Gasteiger partial charge in [-0.05, 0) is 42.4 Å². The van der Waals surface area contributed by atoms with Gasteiger partial charge >= 0.3 is 11.9 Å². The van der Waals surface area contributed by atoms with Gasteiger partial charge in [-0.2, -0.15) is 0 Å². The van der Waals surface area contributed by atoms with Crippen LogP contribution in [0.1, 0.15) is 37.8 Å². The molecule has 5 heteroatoms. The Labute approximate surface area is 177 Å². The molecular weight excluding hydrogens is 378 g/mol. The fourth-order valence-corrected chi connectivity index (χ4v) is 5.43. The van der Waals surface area contributed by atoms with Crippen molar-refractivity contribution in [1.29, 1.82) is 0 Å². The molecule has 0 aliphatic carbocycles. The fourth-order valence-electron chi connectivity index (χ4n) is 5.43. The zero-order chi connectivity index (χ0) is 20.9. The number of hydrogen-bond acceptors (Lipinski definition) is 5. The lowest BCUT2D eigenvalue weighted by Crippen LogP contribution is -2.67. The lowest BCUT2D eigenvalue weighted by molar-refractivity contribution is -0.253. The first-order chi connectivity index (χ1) is 14.4. The minimum atomic E-state index is -1.31. The Kier molecular flexibility index (Phi) is 4.38. The summed E-state index contributed by atoms with van der Waals surface area (Å²) in [6.45, 7) is 4.04. The predicted molar refractivity (Wildman–Crippen MR) is 113 cm³/mol. The molecule has 5 rings (SSSR count). The van der Waals surface area contributed by atoms with Crippen molar-refractivity contribution in [2.45, 2.75) is 51.4 Å². The number of piperidine rings is 1. The van der Waals surface area contributed by atoms with E-state index in [-0.39, 0.29) is 6.04 Å². The quantitative estimate of drug-likeness (QED) is 0.560. The van der Waals surface area contributed by atoms with Gasteiger partial charge in [-0.1, -0.05) is 48.5 Å². The normalized spacial score (nSPS) is 26.4. The third kappa shape index (κ3) is 2.99. The van der Waals surface area contributed by atoms with Crippen LogP contribution in [0.4, 0.5) is 5.69 Å². The monoisotopic (exact) mass is 405 g/mol. The minimum Gasteiger partial charge on any atom is -0.422 e. The number of esters is 2. The SMILES string of the molecule is CC1(C)OC(=O)C2(Cc3ccccc3N3CCC(Cc4ccccc4)CC32)C(=O)O1. The smallest absolute Gasteiger partial charge is 0.329 e. The van der Waals surface area contributed by atoms with Gasteiger partial charge < -0.3 is 14.4 Å². The van der Waals surface area contributed by atoms with E-state index in [9.17, 15) is 9.59 Å².